The molecule has 0 saturated carbocycles. The number of halogens is 1. The minimum Gasteiger partial charge on any atom is -0.484 e. The van der Waals surface area contributed by atoms with Crippen molar-refractivity contribution in [3.8, 4) is 11.6 Å². The molecule has 0 bridgehead atoms. The Balaban J connectivity index is 2.03. The summed E-state index contributed by atoms with van der Waals surface area (Å²) in [6.07, 6.45) is 0.647. The quantitative estimate of drug-likeness (QED) is 0.879. The van der Waals surface area contributed by atoms with Crippen molar-refractivity contribution in [2.75, 3.05) is 13.7 Å². The largest absolute Gasteiger partial charge is 0.484 e. The molecule has 0 fully saturated rings. The first-order valence-electron chi connectivity index (χ1n) is 6.34. The van der Waals surface area contributed by atoms with E-state index in [2.05, 4.69) is 4.98 Å². The second kappa shape index (κ2) is 6.86. The van der Waals surface area contributed by atoms with Crippen molar-refractivity contribution >= 4 is 0 Å². The third-order valence-electron chi connectivity index (χ3n) is 2.80. The first-order chi connectivity index (χ1) is 9.72. The number of nitrogens with two attached hydrogens (primary N) is 1. The standard InChI is InChI=1S/C15H17FN2O2/c1-19-15-4-2-3-12(18-15)10-20-14-6-5-11(7-8-17)9-13(14)16/h2-6,9H,7-8,10,17H2,1H3. The van der Waals surface area contributed by atoms with E-state index in [0.717, 1.165) is 5.56 Å². The van der Waals surface area contributed by atoms with Crippen molar-refractivity contribution in [1.29, 1.82) is 0 Å². The normalized spacial score (nSPS) is 10.3. The molecule has 1 heterocycles. The van der Waals surface area contributed by atoms with Gasteiger partial charge in [-0.25, -0.2) is 9.37 Å². The van der Waals surface area contributed by atoms with Gasteiger partial charge in [0, 0.05) is 6.07 Å². The average molecular weight is 276 g/mol. The average Bonchev–Trinajstić information content (AvgIpc) is 2.47. The molecule has 2 aromatic rings. The molecule has 0 spiro atoms. The van der Waals surface area contributed by atoms with Crippen molar-refractivity contribution < 1.29 is 13.9 Å². The van der Waals surface area contributed by atoms with Gasteiger partial charge < -0.3 is 15.2 Å². The Morgan fingerprint density at radius 1 is 1.25 bits per heavy atom. The van der Waals surface area contributed by atoms with E-state index in [0.29, 0.717) is 24.5 Å². The summed E-state index contributed by atoms with van der Waals surface area (Å²) in [6.45, 7) is 0.678. The topological polar surface area (TPSA) is 57.4 Å². The lowest BCUT2D eigenvalue weighted by Gasteiger charge is -2.09. The van der Waals surface area contributed by atoms with Crippen LogP contribution in [0.2, 0.25) is 0 Å². The summed E-state index contributed by atoms with van der Waals surface area (Å²) in [7, 11) is 1.54. The molecule has 5 heteroatoms. The van der Waals surface area contributed by atoms with Gasteiger partial charge in [-0.1, -0.05) is 12.1 Å². The fourth-order valence-corrected chi connectivity index (χ4v) is 1.79. The van der Waals surface area contributed by atoms with E-state index >= 15 is 0 Å². The van der Waals surface area contributed by atoms with E-state index < -0.39 is 0 Å². The number of ether oxygens (including phenoxy) is 2. The maximum atomic E-state index is 13.8. The maximum absolute atomic E-state index is 13.8. The number of benzene rings is 1. The highest BCUT2D eigenvalue weighted by molar-refractivity contribution is 5.29. The minimum atomic E-state index is -0.390. The Kier molecular flexibility index (Phi) is 4.90. The molecule has 1 aromatic carbocycles. The Morgan fingerprint density at radius 2 is 2.10 bits per heavy atom. The summed E-state index contributed by atoms with van der Waals surface area (Å²) in [4.78, 5) is 4.20. The highest BCUT2D eigenvalue weighted by Crippen LogP contribution is 2.20. The molecule has 0 atom stereocenters. The summed E-state index contributed by atoms with van der Waals surface area (Å²) >= 11 is 0. The number of methoxy groups -OCH3 is 1. The molecular weight excluding hydrogens is 259 g/mol. The van der Waals surface area contributed by atoms with Gasteiger partial charge in [-0.2, -0.15) is 0 Å². The Hall–Kier alpha value is -2.14. The number of hydrogen-bond donors (Lipinski definition) is 1. The molecule has 0 radical (unpaired) electrons. The summed E-state index contributed by atoms with van der Waals surface area (Å²) < 4.78 is 24.3. The van der Waals surface area contributed by atoms with E-state index in [1.54, 1.807) is 25.3 Å². The maximum Gasteiger partial charge on any atom is 0.213 e. The summed E-state index contributed by atoms with van der Waals surface area (Å²) in [6, 6.07) is 10.2. The first kappa shape index (κ1) is 14.3. The third kappa shape index (κ3) is 3.68. The van der Waals surface area contributed by atoms with Gasteiger partial charge in [0.1, 0.15) is 6.61 Å². The van der Waals surface area contributed by atoms with Gasteiger partial charge in [0.25, 0.3) is 0 Å². The van der Waals surface area contributed by atoms with Crippen molar-refractivity contribution in [2.45, 2.75) is 13.0 Å². The van der Waals surface area contributed by atoms with Crippen LogP contribution < -0.4 is 15.2 Å². The Morgan fingerprint density at radius 3 is 2.80 bits per heavy atom. The number of hydrogen-bond acceptors (Lipinski definition) is 4. The van der Waals surface area contributed by atoms with Gasteiger partial charge >= 0.3 is 0 Å². The lowest BCUT2D eigenvalue weighted by Crippen LogP contribution is -2.04. The SMILES string of the molecule is COc1cccc(COc2ccc(CCN)cc2F)n1. The molecule has 20 heavy (non-hydrogen) atoms. The van der Waals surface area contributed by atoms with E-state index in [1.807, 2.05) is 12.1 Å². The van der Waals surface area contributed by atoms with Crippen LogP contribution in [0.3, 0.4) is 0 Å². The smallest absolute Gasteiger partial charge is 0.213 e. The zero-order valence-electron chi connectivity index (χ0n) is 11.3. The van der Waals surface area contributed by atoms with Crippen molar-refractivity contribution in [1.82, 2.24) is 4.98 Å². The zero-order chi connectivity index (χ0) is 14.4. The summed E-state index contributed by atoms with van der Waals surface area (Å²) in [5.74, 6) is 0.319. The van der Waals surface area contributed by atoms with Crippen LogP contribution in [0.25, 0.3) is 0 Å². The predicted octanol–water partition coefficient (Wildman–Crippen LogP) is 2.31. The van der Waals surface area contributed by atoms with Gasteiger partial charge in [0.15, 0.2) is 11.6 Å². The Labute approximate surface area is 117 Å². The molecule has 1 aromatic heterocycles. The van der Waals surface area contributed by atoms with Gasteiger partial charge in [-0.15, -0.1) is 0 Å². The molecule has 2 N–H and O–H groups in total. The fourth-order valence-electron chi connectivity index (χ4n) is 1.79. The van der Waals surface area contributed by atoms with Crippen molar-refractivity contribution in [2.24, 2.45) is 5.73 Å². The molecule has 4 nitrogen and oxygen atoms in total. The number of pyridine rings is 1. The van der Waals surface area contributed by atoms with Crippen LogP contribution in [-0.4, -0.2) is 18.6 Å². The lowest BCUT2D eigenvalue weighted by molar-refractivity contribution is 0.283. The lowest BCUT2D eigenvalue weighted by atomic mass is 10.1. The number of aromatic nitrogens is 1. The molecule has 0 unspecified atom stereocenters. The van der Waals surface area contributed by atoms with Gasteiger partial charge in [0.2, 0.25) is 5.88 Å². The Bertz CT molecular complexity index is 576. The van der Waals surface area contributed by atoms with Crippen LogP contribution in [0.5, 0.6) is 11.6 Å². The van der Waals surface area contributed by atoms with Crippen molar-refractivity contribution in [3.05, 3.63) is 53.5 Å². The van der Waals surface area contributed by atoms with E-state index in [4.69, 9.17) is 15.2 Å². The number of rotatable bonds is 6. The molecule has 2 rings (SSSR count). The number of nitrogens with zero attached hydrogens (tertiary/aromatic N) is 1. The van der Waals surface area contributed by atoms with Crippen LogP contribution in [0.15, 0.2) is 36.4 Å². The summed E-state index contributed by atoms with van der Waals surface area (Å²) in [5.41, 5.74) is 6.97. The fraction of sp³-hybridized carbons (Fsp3) is 0.267. The second-order valence-corrected chi connectivity index (χ2v) is 4.26. The minimum absolute atomic E-state index is 0.185. The van der Waals surface area contributed by atoms with Crippen LogP contribution in [0, 0.1) is 5.82 Å². The zero-order valence-corrected chi connectivity index (χ0v) is 11.3. The monoisotopic (exact) mass is 276 g/mol. The van der Waals surface area contributed by atoms with Crippen molar-refractivity contribution in [3.63, 3.8) is 0 Å². The van der Waals surface area contributed by atoms with E-state index in [9.17, 15) is 4.39 Å². The van der Waals surface area contributed by atoms with Crippen LogP contribution in [0.1, 0.15) is 11.3 Å². The van der Waals surface area contributed by atoms with E-state index in [1.165, 1.54) is 6.07 Å². The molecule has 0 aliphatic heterocycles. The third-order valence-corrected chi connectivity index (χ3v) is 2.80. The molecular formula is C15H17FN2O2. The summed E-state index contributed by atoms with van der Waals surface area (Å²) in [5, 5.41) is 0. The van der Waals surface area contributed by atoms with E-state index in [-0.39, 0.29) is 18.2 Å². The van der Waals surface area contributed by atoms with Gasteiger partial charge in [-0.3, -0.25) is 0 Å². The molecule has 0 amide bonds. The molecule has 106 valence electrons. The molecule has 0 aliphatic carbocycles. The second-order valence-electron chi connectivity index (χ2n) is 4.26. The highest BCUT2D eigenvalue weighted by Gasteiger charge is 2.06. The highest BCUT2D eigenvalue weighted by atomic mass is 19.1. The van der Waals surface area contributed by atoms with Gasteiger partial charge in [0.05, 0.1) is 12.8 Å². The van der Waals surface area contributed by atoms with Gasteiger partial charge in [-0.05, 0) is 36.7 Å². The van der Waals surface area contributed by atoms with Crippen LogP contribution in [0.4, 0.5) is 4.39 Å². The van der Waals surface area contributed by atoms with Crippen LogP contribution in [-0.2, 0) is 13.0 Å². The molecule has 0 aliphatic rings. The molecule has 0 saturated heterocycles. The van der Waals surface area contributed by atoms with Crippen LogP contribution >= 0.6 is 0 Å². The predicted molar refractivity (Wildman–Crippen MR) is 74.3 cm³/mol. The first-order valence-corrected chi connectivity index (χ1v) is 6.34.